The van der Waals surface area contributed by atoms with E-state index in [9.17, 15) is 8.78 Å². The topological polar surface area (TPSA) is 31.4 Å². The predicted octanol–water partition coefficient (Wildman–Crippen LogP) is 3.06. The van der Waals surface area contributed by atoms with Gasteiger partial charge in [0.2, 0.25) is 5.92 Å². The van der Waals surface area contributed by atoms with Gasteiger partial charge in [-0.15, -0.1) is 0 Å². The van der Waals surface area contributed by atoms with Crippen molar-refractivity contribution in [2.45, 2.75) is 51.0 Å². The normalized spacial score (nSPS) is 24.5. The number of alkyl halides is 2. The molecule has 1 saturated heterocycles. The van der Waals surface area contributed by atoms with Gasteiger partial charge in [-0.05, 0) is 43.4 Å². The minimum absolute atomic E-state index is 0.0826. The molecule has 1 aliphatic carbocycles. The Morgan fingerprint density at radius 2 is 1.88 bits per heavy atom. The van der Waals surface area contributed by atoms with E-state index in [1.807, 2.05) is 0 Å². The van der Waals surface area contributed by atoms with Crippen LogP contribution in [0.2, 0.25) is 0 Å². The van der Waals surface area contributed by atoms with Crippen molar-refractivity contribution in [1.29, 1.82) is 0 Å². The lowest BCUT2D eigenvalue weighted by Gasteiger charge is -2.33. The maximum atomic E-state index is 13.3. The lowest BCUT2D eigenvalue weighted by Crippen LogP contribution is -2.44. The Morgan fingerprint density at radius 1 is 1.12 bits per heavy atom. The molecule has 1 saturated carbocycles. The van der Waals surface area contributed by atoms with Gasteiger partial charge >= 0.3 is 0 Å². The second-order valence-corrected chi connectivity index (χ2v) is 8.13. The summed E-state index contributed by atoms with van der Waals surface area (Å²) in [5.74, 6) is -0.819. The average molecular weight is 364 g/mol. The van der Waals surface area contributed by atoms with Crippen LogP contribution in [0, 0.1) is 5.92 Å². The first-order valence-electron chi connectivity index (χ1n) is 10.1. The monoisotopic (exact) mass is 364 g/mol. The largest absolute Gasteiger partial charge is 0.354 e. The van der Waals surface area contributed by atoms with Crippen LogP contribution in [0.25, 0.3) is 0 Å². The molecule has 4 rings (SSSR count). The van der Waals surface area contributed by atoms with E-state index >= 15 is 0 Å². The highest BCUT2D eigenvalue weighted by Crippen LogP contribution is 2.37. The third kappa shape index (κ3) is 4.34. The first-order valence-corrected chi connectivity index (χ1v) is 10.1. The Balaban J connectivity index is 1.29. The Morgan fingerprint density at radius 3 is 2.65 bits per heavy atom. The zero-order chi connectivity index (χ0) is 18.0. The van der Waals surface area contributed by atoms with Gasteiger partial charge in [-0.3, -0.25) is 4.90 Å². The highest BCUT2D eigenvalue weighted by molar-refractivity contribution is 5.43. The van der Waals surface area contributed by atoms with Crippen LogP contribution in [0.4, 0.5) is 14.6 Å². The number of pyridine rings is 1. The zero-order valence-corrected chi connectivity index (χ0v) is 15.5. The van der Waals surface area contributed by atoms with Crippen molar-refractivity contribution >= 4 is 5.82 Å². The van der Waals surface area contributed by atoms with E-state index < -0.39 is 5.92 Å². The molecule has 0 bridgehead atoms. The van der Waals surface area contributed by atoms with Gasteiger partial charge in [0.1, 0.15) is 5.82 Å². The van der Waals surface area contributed by atoms with Gasteiger partial charge < -0.3 is 10.2 Å². The van der Waals surface area contributed by atoms with E-state index in [1.54, 1.807) is 0 Å². The van der Waals surface area contributed by atoms with Crippen LogP contribution < -0.4 is 10.2 Å². The minimum atomic E-state index is -2.41. The van der Waals surface area contributed by atoms with Crippen LogP contribution in [-0.4, -0.2) is 55.1 Å². The Labute approximate surface area is 155 Å². The van der Waals surface area contributed by atoms with Gasteiger partial charge in [-0.25, -0.2) is 13.8 Å². The molecular formula is C20H30F2N4. The van der Waals surface area contributed by atoms with Crippen molar-refractivity contribution in [3.63, 3.8) is 0 Å². The van der Waals surface area contributed by atoms with Crippen molar-refractivity contribution in [2.24, 2.45) is 5.92 Å². The maximum Gasteiger partial charge on any atom is 0.248 e. The van der Waals surface area contributed by atoms with Crippen LogP contribution in [0.3, 0.4) is 0 Å². The minimum Gasteiger partial charge on any atom is -0.354 e. The molecule has 2 fully saturated rings. The SMILES string of the molecule is FC1(F)CCC(CCN2CCc3nc(N4CCNCC4)ccc3C2)CC1. The molecule has 0 atom stereocenters. The summed E-state index contributed by atoms with van der Waals surface area (Å²) < 4.78 is 26.6. The number of nitrogens with zero attached hydrogens (tertiary/aromatic N) is 3. The van der Waals surface area contributed by atoms with E-state index in [0.717, 1.165) is 64.5 Å². The Bertz CT molecular complexity index is 606. The molecule has 0 spiro atoms. The van der Waals surface area contributed by atoms with E-state index in [0.29, 0.717) is 18.8 Å². The standard InChI is InChI=1S/C20H30F2N4/c21-20(22)7-3-16(4-8-20)5-11-25-12-6-18-17(15-25)1-2-19(24-18)26-13-9-23-10-14-26/h1-2,16,23H,3-15H2. The number of hydrogen-bond donors (Lipinski definition) is 1. The number of aromatic nitrogens is 1. The molecule has 2 aliphatic heterocycles. The Hall–Kier alpha value is -1.27. The van der Waals surface area contributed by atoms with Crippen LogP contribution >= 0.6 is 0 Å². The third-order valence-electron chi connectivity index (χ3n) is 6.24. The summed E-state index contributed by atoms with van der Waals surface area (Å²) in [7, 11) is 0. The second kappa shape index (κ2) is 7.77. The number of halogens is 2. The molecule has 0 amide bonds. The smallest absolute Gasteiger partial charge is 0.248 e. The summed E-state index contributed by atoms with van der Waals surface area (Å²) in [6.45, 7) is 7.12. The number of anilines is 1. The van der Waals surface area contributed by atoms with Crippen LogP contribution in [0.5, 0.6) is 0 Å². The third-order valence-corrected chi connectivity index (χ3v) is 6.24. The van der Waals surface area contributed by atoms with Gasteiger partial charge in [-0.1, -0.05) is 6.07 Å². The number of hydrogen-bond acceptors (Lipinski definition) is 4. The fourth-order valence-electron chi connectivity index (χ4n) is 4.48. The van der Waals surface area contributed by atoms with Gasteiger partial charge in [-0.2, -0.15) is 0 Å². The second-order valence-electron chi connectivity index (χ2n) is 8.13. The van der Waals surface area contributed by atoms with E-state index in [4.69, 9.17) is 4.98 Å². The zero-order valence-electron chi connectivity index (χ0n) is 15.5. The summed E-state index contributed by atoms with van der Waals surface area (Å²) >= 11 is 0. The van der Waals surface area contributed by atoms with E-state index in [1.165, 1.54) is 11.3 Å². The number of piperazine rings is 1. The number of nitrogens with one attached hydrogen (secondary N) is 1. The molecule has 26 heavy (non-hydrogen) atoms. The number of rotatable bonds is 4. The lowest BCUT2D eigenvalue weighted by molar-refractivity contribution is -0.0473. The maximum absolute atomic E-state index is 13.3. The van der Waals surface area contributed by atoms with Crippen molar-refractivity contribution in [3.8, 4) is 0 Å². The first-order chi connectivity index (χ1) is 12.6. The average Bonchev–Trinajstić information content (AvgIpc) is 2.67. The molecule has 6 heteroatoms. The molecule has 3 aliphatic rings. The molecule has 1 N–H and O–H groups in total. The molecule has 0 radical (unpaired) electrons. The van der Waals surface area contributed by atoms with Gasteiger partial charge in [0.25, 0.3) is 0 Å². The molecular weight excluding hydrogens is 334 g/mol. The Kier molecular flexibility index (Phi) is 5.41. The molecule has 0 aromatic carbocycles. The quantitative estimate of drug-likeness (QED) is 0.890. The van der Waals surface area contributed by atoms with Crippen molar-refractivity contribution in [2.75, 3.05) is 44.2 Å². The molecule has 1 aromatic heterocycles. The molecule has 144 valence electrons. The first kappa shape index (κ1) is 18.1. The summed E-state index contributed by atoms with van der Waals surface area (Å²) in [6.07, 6.45) is 3.59. The molecule has 3 heterocycles. The van der Waals surface area contributed by atoms with Crippen molar-refractivity contribution < 1.29 is 8.78 Å². The van der Waals surface area contributed by atoms with Crippen molar-refractivity contribution in [3.05, 3.63) is 23.4 Å². The van der Waals surface area contributed by atoms with Gasteiger partial charge in [0, 0.05) is 64.2 Å². The fourth-order valence-corrected chi connectivity index (χ4v) is 4.48. The van der Waals surface area contributed by atoms with E-state index in [2.05, 4.69) is 27.2 Å². The highest BCUT2D eigenvalue weighted by atomic mass is 19.3. The fraction of sp³-hybridized carbons (Fsp3) is 0.750. The summed E-state index contributed by atoms with van der Waals surface area (Å²) in [4.78, 5) is 9.76. The predicted molar refractivity (Wildman–Crippen MR) is 99.8 cm³/mol. The van der Waals surface area contributed by atoms with Gasteiger partial charge in [0.15, 0.2) is 0 Å². The number of fused-ring (bicyclic) bond motifs is 1. The van der Waals surface area contributed by atoms with Crippen LogP contribution in [0.15, 0.2) is 12.1 Å². The van der Waals surface area contributed by atoms with Crippen molar-refractivity contribution in [1.82, 2.24) is 15.2 Å². The molecule has 4 nitrogen and oxygen atoms in total. The van der Waals surface area contributed by atoms with Crippen LogP contribution in [0.1, 0.15) is 43.4 Å². The molecule has 0 unspecified atom stereocenters. The summed E-state index contributed by atoms with van der Waals surface area (Å²) in [6, 6.07) is 4.41. The van der Waals surface area contributed by atoms with Gasteiger partial charge in [0.05, 0.1) is 0 Å². The van der Waals surface area contributed by atoms with Crippen LogP contribution in [-0.2, 0) is 13.0 Å². The highest BCUT2D eigenvalue weighted by Gasteiger charge is 2.34. The summed E-state index contributed by atoms with van der Waals surface area (Å²) in [5, 5.41) is 3.38. The lowest BCUT2D eigenvalue weighted by atomic mass is 9.84. The molecule has 1 aromatic rings. The van der Waals surface area contributed by atoms with E-state index in [-0.39, 0.29) is 12.8 Å². The summed E-state index contributed by atoms with van der Waals surface area (Å²) in [5.41, 5.74) is 2.58.